The summed E-state index contributed by atoms with van der Waals surface area (Å²) < 4.78 is 0. The average molecular weight is 522 g/mol. The van der Waals surface area contributed by atoms with Crippen molar-refractivity contribution in [1.82, 2.24) is 20.4 Å². The molecule has 0 bridgehead atoms. The number of halogens is 2. The number of hydrogen-bond acceptors (Lipinski definition) is 3. The van der Waals surface area contributed by atoms with E-state index in [1.165, 1.54) is 12.0 Å². The first kappa shape index (κ1) is 25.0. The second-order valence-electron chi connectivity index (χ2n) is 7.25. The van der Waals surface area contributed by atoms with Crippen LogP contribution in [0.4, 0.5) is 0 Å². The lowest BCUT2D eigenvalue weighted by atomic mass is 9.85. The molecule has 1 fully saturated rings. The van der Waals surface area contributed by atoms with Gasteiger partial charge in [-0.3, -0.25) is 9.69 Å². The fourth-order valence-corrected chi connectivity index (χ4v) is 3.75. The predicted molar refractivity (Wildman–Crippen MR) is 128 cm³/mol. The van der Waals surface area contributed by atoms with Crippen molar-refractivity contribution in [2.24, 2.45) is 10.9 Å². The molecule has 1 aliphatic rings. The molecule has 2 rings (SSSR count). The molecule has 1 aliphatic heterocycles. The third-order valence-electron chi connectivity index (χ3n) is 4.94. The molecule has 2 N–H and O–H groups in total. The highest BCUT2D eigenvalue weighted by atomic mass is 127. The number of likely N-dealkylation sites (N-methyl/N-ethyl adjacent to an activating group) is 1. The van der Waals surface area contributed by atoms with Gasteiger partial charge in [0.15, 0.2) is 5.96 Å². The quantitative estimate of drug-likeness (QED) is 0.343. The number of hydrogen-bond donors (Lipinski definition) is 2. The van der Waals surface area contributed by atoms with Crippen molar-refractivity contribution in [3.63, 3.8) is 0 Å². The summed E-state index contributed by atoms with van der Waals surface area (Å²) in [6, 6.07) is 8.47. The van der Waals surface area contributed by atoms with Crippen molar-refractivity contribution in [2.45, 2.75) is 25.8 Å². The zero-order valence-electron chi connectivity index (χ0n) is 17.2. The number of guanidine groups is 1. The highest BCUT2D eigenvalue weighted by Crippen LogP contribution is 2.35. The number of likely N-dealkylation sites (tertiary alicyclic amines) is 1. The summed E-state index contributed by atoms with van der Waals surface area (Å²) in [6.07, 6.45) is 2.32. The molecule has 158 valence electrons. The van der Waals surface area contributed by atoms with E-state index >= 15 is 0 Å². The summed E-state index contributed by atoms with van der Waals surface area (Å²) >= 11 is 6.23. The van der Waals surface area contributed by atoms with E-state index in [0.717, 1.165) is 31.1 Å². The lowest BCUT2D eigenvalue weighted by Gasteiger charge is -2.40. The number of nitrogens with zero attached hydrogens (tertiary/aromatic N) is 3. The van der Waals surface area contributed by atoms with Gasteiger partial charge >= 0.3 is 0 Å². The van der Waals surface area contributed by atoms with Crippen LogP contribution in [-0.2, 0) is 4.79 Å². The molecule has 2 atom stereocenters. The van der Waals surface area contributed by atoms with Gasteiger partial charge in [-0.05, 0) is 57.0 Å². The van der Waals surface area contributed by atoms with Crippen LogP contribution >= 0.6 is 35.6 Å². The van der Waals surface area contributed by atoms with Gasteiger partial charge in [0, 0.05) is 38.2 Å². The van der Waals surface area contributed by atoms with E-state index in [1.807, 2.05) is 19.1 Å². The van der Waals surface area contributed by atoms with Gasteiger partial charge < -0.3 is 15.5 Å². The standard InChI is InChI=1S/C20H32ClN5O.HI/c1-5-22-20(24-14-18(27)25(2)3)23-13-16-9-7-11-26(4)19(16)15-8-6-10-17(21)12-15;/h6,8,10,12,16,19H,5,7,9,11,13-14H2,1-4H3,(H2,22,23,24);1H. The lowest BCUT2D eigenvalue weighted by Crippen LogP contribution is -2.45. The highest BCUT2D eigenvalue weighted by molar-refractivity contribution is 14.0. The lowest BCUT2D eigenvalue weighted by molar-refractivity contribution is -0.127. The van der Waals surface area contributed by atoms with Crippen molar-refractivity contribution >= 4 is 47.4 Å². The second-order valence-corrected chi connectivity index (χ2v) is 7.68. The first-order valence-corrected chi connectivity index (χ1v) is 9.98. The first-order chi connectivity index (χ1) is 12.9. The van der Waals surface area contributed by atoms with Crippen LogP contribution < -0.4 is 10.6 Å². The zero-order chi connectivity index (χ0) is 19.8. The molecule has 0 spiro atoms. The van der Waals surface area contributed by atoms with Crippen molar-refractivity contribution < 1.29 is 4.79 Å². The number of carbonyl (C=O) groups excluding carboxylic acids is 1. The fraction of sp³-hybridized carbons (Fsp3) is 0.600. The topological polar surface area (TPSA) is 60.0 Å². The van der Waals surface area contributed by atoms with Gasteiger partial charge in [-0.15, -0.1) is 24.0 Å². The molecule has 1 saturated heterocycles. The average Bonchev–Trinajstić information content (AvgIpc) is 2.63. The van der Waals surface area contributed by atoms with Crippen molar-refractivity contribution in [1.29, 1.82) is 0 Å². The van der Waals surface area contributed by atoms with E-state index in [0.29, 0.717) is 17.9 Å². The number of amides is 1. The van der Waals surface area contributed by atoms with E-state index < -0.39 is 0 Å². The number of piperidine rings is 1. The minimum atomic E-state index is -0.0126. The summed E-state index contributed by atoms with van der Waals surface area (Å²) in [5, 5.41) is 7.43. The largest absolute Gasteiger partial charge is 0.357 e. The molecule has 1 heterocycles. The number of aliphatic imine (C=N–C) groups is 1. The van der Waals surface area contributed by atoms with Gasteiger partial charge in [0.25, 0.3) is 0 Å². The van der Waals surface area contributed by atoms with E-state index in [-0.39, 0.29) is 36.4 Å². The Morgan fingerprint density at radius 2 is 2.11 bits per heavy atom. The third-order valence-corrected chi connectivity index (χ3v) is 5.18. The van der Waals surface area contributed by atoms with E-state index in [1.54, 1.807) is 19.0 Å². The van der Waals surface area contributed by atoms with Crippen LogP contribution in [0.15, 0.2) is 29.3 Å². The Morgan fingerprint density at radius 3 is 2.75 bits per heavy atom. The minimum Gasteiger partial charge on any atom is -0.357 e. The predicted octanol–water partition coefficient (Wildman–Crippen LogP) is 2.98. The maximum Gasteiger partial charge on any atom is 0.243 e. The van der Waals surface area contributed by atoms with Gasteiger partial charge in [-0.25, -0.2) is 4.99 Å². The molecule has 1 amide bonds. The molecule has 0 aliphatic carbocycles. The van der Waals surface area contributed by atoms with Crippen molar-refractivity contribution in [2.75, 3.05) is 47.3 Å². The van der Waals surface area contributed by atoms with Crippen LogP contribution in [-0.4, -0.2) is 69.0 Å². The van der Waals surface area contributed by atoms with Crippen LogP contribution in [0.25, 0.3) is 0 Å². The van der Waals surface area contributed by atoms with Crippen LogP contribution in [0, 0.1) is 5.92 Å². The van der Waals surface area contributed by atoms with Crippen LogP contribution in [0.2, 0.25) is 5.02 Å². The maximum absolute atomic E-state index is 11.8. The second kappa shape index (κ2) is 12.5. The molecule has 2 unspecified atom stereocenters. The molecule has 6 nitrogen and oxygen atoms in total. The van der Waals surface area contributed by atoms with Gasteiger partial charge in [0.2, 0.25) is 5.91 Å². The molecular weight excluding hydrogens is 489 g/mol. The molecule has 28 heavy (non-hydrogen) atoms. The summed E-state index contributed by atoms with van der Waals surface area (Å²) in [5.41, 5.74) is 1.25. The maximum atomic E-state index is 11.8. The monoisotopic (exact) mass is 521 g/mol. The molecule has 0 aromatic heterocycles. The van der Waals surface area contributed by atoms with E-state index in [9.17, 15) is 4.79 Å². The van der Waals surface area contributed by atoms with Gasteiger partial charge in [-0.2, -0.15) is 0 Å². The zero-order valence-corrected chi connectivity index (χ0v) is 20.3. The van der Waals surface area contributed by atoms with Gasteiger partial charge in [0.05, 0.1) is 0 Å². The Kier molecular flexibility index (Phi) is 11.1. The van der Waals surface area contributed by atoms with E-state index in [2.05, 4.69) is 39.7 Å². The minimum absolute atomic E-state index is 0. The van der Waals surface area contributed by atoms with Crippen LogP contribution in [0.5, 0.6) is 0 Å². The first-order valence-electron chi connectivity index (χ1n) is 9.60. The molecule has 0 saturated carbocycles. The Balaban J connectivity index is 0.00000392. The van der Waals surface area contributed by atoms with Crippen LogP contribution in [0.3, 0.4) is 0 Å². The Morgan fingerprint density at radius 1 is 1.36 bits per heavy atom. The van der Waals surface area contributed by atoms with E-state index in [4.69, 9.17) is 11.6 Å². The Hall–Kier alpha value is -1.06. The highest BCUT2D eigenvalue weighted by Gasteiger charge is 2.30. The number of nitrogens with one attached hydrogen (secondary N) is 2. The normalized spacial score (nSPS) is 20.2. The van der Waals surface area contributed by atoms with Gasteiger partial charge in [-0.1, -0.05) is 23.7 Å². The Bertz CT molecular complexity index is 655. The summed E-state index contributed by atoms with van der Waals surface area (Å²) in [6.45, 7) is 4.80. The molecule has 0 radical (unpaired) electrons. The number of carbonyl (C=O) groups is 1. The number of rotatable bonds is 6. The molecule has 1 aromatic carbocycles. The fourth-order valence-electron chi connectivity index (χ4n) is 3.55. The third kappa shape index (κ3) is 7.40. The van der Waals surface area contributed by atoms with Gasteiger partial charge in [0.1, 0.15) is 6.54 Å². The molecular formula is C20H33ClIN5O. The SMILES string of the molecule is CCNC(=NCC(=O)N(C)C)NCC1CCCN(C)C1c1cccc(Cl)c1.I. The van der Waals surface area contributed by atoms with Crippen molar-refractivity contribution in [3.8, 4) is 0 Å². The smallest absolute Gasteiger partial charge is 0.243 e. The molecule has 1 aromatic rings. The summed E-state index contributed by atoms with van der Waals surface area (Å²) in [7, 11) is 5.66. The van der Waals surface area contributed by atoms with Crippen LogP contribution in [0.1, 0.15) is 31.4 Å². The number of benzene rings is 1. The summed E-state index contributed by atoms with van der Waals surface area (Å²) in [5.74, 6) is 1.11. The molecule has 8 heteroatoms. The van der Waals surface area contributed by atoms with Crippen molar-refractivity contribution in [3.05, 3.63) is 34.9 Å². The Labute approximate surface area is 191 Å². The summed E-state index contributed by atoms with van der Waals surface area (Å²) in [4.78, 5) is 20.2.